The molecule has 6 heteroatoms. The number of likely N-dealkylation sites (N-methyl/N-ethyl adjacent to an activating group) is 1. The second kappa shape index (κ2) is 6.67. The van der Waals surface area contributed by atoms with Crippen molar-refractivity contribution in [3.63, 3.8) is 0 Å². The number of ether oxygens (including phenoxy) is 1. The van der Waals surface area contributed by atoms with Gasteiger partial charge in [-0.05, 0) is 31.3 Å². The molecule has 0 saturated carbocycles. The Hall–Kier alpha value is -1.66. The summed E-state index contributed by atoms with van der Waals surface area (Å²) in [5.74, 6) is -0.300. The Morgan fingerprint density at radius 3 is 2.85 bits per heavy atom. The van der Waals surface area contributed by atoms with Crippen LogP contribution >= 0.6 is 11.3 Å². The van der Waals surface area contributed by atoms with E-state index in [1.807, 2.05) is 0 Å². The van der Waals surface area contributed by atoms with Gasteiger partial charge in [0, 0.05) is 6.54 Å². The van der Waals surface area contributed by atoms with Gasteiger partial charge in [-0.3, -0.25) is 0 Å². The summed E-state index contributed by atoms with van der Waals surface area (Å²) in [6.07, 6.45) is 0. The van der Waals surface area contributed by atoms with Crippen molar-refractivity contribution < 1.29 is 9.53 Å². The number of hydrogen-bond donors (Lipinski definition) is 1. The molecule has 1 heterocycles. The maximum Gasteiger partial charge on any atom is 0.338 e. The van der Waals surface area contributed by atoms with E-state index in [0.29, 0.717) is 17.3 Å². The molecule has 0 aliphatic carbocycles. The molecule has 1 aromatic heterocycles. The summed E-state index contributed by atoms with van der Waals surface area (Å²) in [5, 5.41) is 0.507. The molecule has 0 spiro atoms. The minimum Gasteiger partial charge on any atom is -0.461 e. The Labute approximate surface area is 122 Å². The number of nitrogen functional groups attached to an aromatic ring is 1. The maximum atomic E-state index is 12.0. The first-order valence-electron chi connectivity index (χ1n) is 6.69. The van der Waals surface area contributed by atoms with Crippen LogP contribution in [-0.2, 0) is 4.74 Å². The second-order valence-electron chi connectivity index (χ2n) is 4.40. The van der Waals surface area contributed by atoms with E-state index in [1.165, 1.54) is 11.3 Å². The molecule has 1 aromatic carbocycles. The number of carbonyl (C=O) groups is 1. The molecule has 0 aliphatic heterocycles. The van der Waals surface area contributed by atoms with Crippen LogP contribution in [0.4, 0.5) is 5.13 Å². The van der Waals surface area contributed by atoms with Gasteiger partial charge in [0.2, 0.25) is 0 Å². The fourth-order valence-electron chi connectivity index (χ4n) is 1.96. The monoisotopic (exact) mass is 293 g/mol. The fraction of sp³-hybridized carbons (Fsp3) is 0.429. The summed E-state index contributed by atoms with van der Waals surface area (Å²) >= 11 is 1.37. The molecule has 0 bridgehead atoms. The summed E-state index contributed by atoms with van der Waals surface area (Å²) in [6.45, 7) is 7.26. The number of anilines is 1. The molecule has 2 rings (SSSR count). The highest BCUT2D eigenvalue weighted by atomic mass is 32.1. The van der Waals surface area contributed by atoms with Crippen LogP contribution in [0.25, 0.3) is 10.2 Å². The zero-order valence-corrected chi connectivity index (χ0v) is 12.6. The topological polar surface area (TPSA) is 68.5 Å². The zero-order valence-electron chi connectivity index (χ0n) is 11.8. The molecule has 0 radical (unpaired) electrons. The lowest BCUT2D eigenvalue weighted by molar-refractivity contribution is 0.0466. The quantitative estimate of drug-likeness (QED) is 0.828. The number of rotatable bonds is 6. The highest BCUT2D eigenvalue weighted by Gasteiger charge is 2.10. The lowest BCUT2D eigenvalue weighted by Crippen LogP contribution is -2.27. The van der Waals surface area contributed by atoms with Crippen LogP contribution in [0.15, 0.2) is 18.2 Å². The average molecular weight is 293 g/mol. The third-order valence-electron chi connectivity index (χ3n) is 3.18. The van der Waals surface area contributed by atoms with Crippen molar-refractivity contribution >= 4 is 32.7 Å². The van der Waals surface area contributed by atoms with Crippen LogP contribution < -0.4 is 5.73 Å². The van der Waals surface area contributed by atoms with Crippen LogP contribution in [-0.4, -0.2) is 42.1 Å². The Balaban J connectivity index is 1.96. The predicted octanol–water partition coefficient (Wildman–Crippen LogP) is 2.38. The highest BCUT2D eigenvalue weighted by Crippen LogP contribution is 2.24. The minimum absolute atomic E-state index is 0.300. The van der Waals surface area contributed by atoms with Gasteiger partial charge in [0.25, 0.3) is 0 Å². The molecule has 20 heavy (non-hydrogen) atoms. The van der Waals surface area contributed by atoms with Crippen molar-refractivity contribution in [1.29, 1.82) is 0 Å². The van der Waals surface area contributed by atoms with Crippen molar-refractivity contribution in [2.75, 3.05) is 32.0 Å². The van der Waals surface area contributed by atoms with Crippen LogP contribution in [0.5, 0.6) is 0 Å². The molecule has 0 saturated heterocycles. The first-order chi connectivity index (χ1) is 9.63. The average Bonchev–Trinajstić information content (AvgIpc) is 2.82. The molecule has 0 fully saturated rings. The number of hydrogen-bond acceptors (Lipinski definition) is 6. The molecule has 0 amide bonds. The van der Waals surface area contributed by atoms with Gasteiger partial charge >= 0.3 is 5.97 Å². The third kappa shape index (κ3) is 3.46. The van der Waals surface area contributed by atoms with E-state index in [9.17, 15) is 4.79 Å². The number of benzene rings is 1. The molecule has 5 nitrogen and oxygen atoms in total. The summed E-state index contributed by atoms with van der Waals surface area (Å²) < 4.78 is 6.19. The van der Waals surface area contributed by atoms with E-state index >= 15 is 0 Å². The largest absolute Gasteiger partial charge is 0.461 e. The molecule has 0 aliphatic rings. The van der Waals surface area contributed by atoms with Gasteiger partial charge in [0.1, 0.15) is 6.61 Å². The van der Waals surface area contributed by atoms with Crippen molar-refractivity contribution in [1.82, 2.24) is 9.88 Å². The number of aromatic nitrogens is 1. The Kier molecular flexibility index (Phi) is 4.92. The fourth-order valence-corrected chi connectivity index (χ4v) is 2.73. The number of fused-ring (bicyclic) bond motifs is 1. The Bertz CT molecular complexity index is 593. The first-order valence-corrected chi connectivity index (χ1v) is 7.51. The lowest BCUT2D eigenvalue weighted by atomic mass is 10.2. The third-order valence-corrected chi connectivity index (χ3v) is 4.02. The van der Waals surface area contributed by atoms with Gasteiger partial charge in [-0.25, -0.2) is 9.78 Å². The van der Waals surface area contributed by atoms with Crippen LogP contribution in [0, 0.1) is 0 Å². The Morgan fingerprint density at radius 1 is 1.40 bits per heavy atom. The SMILES string of the molecule is CCN(CC)CCOC(=O)c1ccc2nc(N)sc2c1. The molecular weight excluding hydrogens is 274 g/mol. The van der Waals surface area contributed by atoms with Crippen LogP contribution in [0.1, 0.15) is 24.2 Å². The maximum absolute atomic E-state index is 12.0. The van der Waals surface area contributed by atoms with E-state index < -0.39 is 0 Å². The number of esters is 1. The highest BCUT2D eigenvalue weighted by molar-refractivity contribution is 7.22. The van der Waals surface area contributed by atoms with Gasteiger partial charge in [-0.1, -0.05) is 25.2 Å². The second-order valence-corrected chi connectivity index (χ2v) is 5.46. The van der Waals surface area contributed by atoms with Crippen molar-refractivity contribution in [2.24, 2.45) is 0 Å². The smallest absolute Gasteiger partial charge is 0.338 e. The van der Waals surface area contributed by atoms with Crippen molar-refractivity contribution in [2.45, 2.75) is 13.8 Å². The van der Waals surface area contributed by atoms with E-state index in [1.54, 1.807) is 18.2 Å². The molecule has 108 valence electrons. The molecular formula is C14H19N3O2S. The van der Waals surface area contributed by atoms with Gasteiger partial charge in [-0.2, -0.15) is 0 Å². The normalized spacial score (nSPS) is 11.2. The lowest BCUT2D eigenvalue weighted by Gasteiger charge is -2.17. The molecule has 2 aromatic rings. The van der Waals surface area contributed by atoms with Gasteiger partial charge in [0.05, 0.1) is 15.8 Å². The van der Waals surface area contributed by atoms with E-state index in [4.69, 9.17) is 10.5 Å². The van der Waals surface area contributed by atoms with Crippen LogP contribution in [0.3, 0.4) is 0 Å². The van der Waals surface area contributed by atoms with Crippen molar-refractivity contribution in [3.8, 4) is 0 Å². The van der Waals surface area contributed by atoms with Crippen molar-refractivity contribution in [3.05, 3.63) is 23.8 Å². The summed E-state index contributed by atoms with van der Waals surface area (Å²) in [5.41, 5.74) is 7.00. The number of nitrogens with two attached hydrogens (primary N) is 1. The van der Waals surface area contributed by atoms with Gasteiger partial charge in [0.15, 0.2) is 5.13 Å². The standard InChI is InChI=1S/C14H19N3O2S/c1-3-17(4-2)7-8-19-13(18)10-5-6-11-12(9-10)20-14(15)16-11/h5-6,9H,3-4,7-8H2,1-2H3,(H2,15,16). The van der Waals surface area contributed by atoms with E-state index in [0.717, 1.165) is 29.9 Å². The molecule has 0 unspecified atom stereocenters. The summed E-state index contributed by atoms with van der Waals surface area (Å²) in [6, 6.07) is 5.30. The molecule has 2 N–H and O–H groups in total. The summed E-state index contributed by atoms with van der Waals surface area (Å²) in [4.78, 5) is 18.3. The Morgan fingerprint density at radius 2 is 2.15 bits per heavy atom. The minimum atomic E-state index is -0.300. The first kappa shape index (κ1) is 14.7. The van der Waals surface area contributed by atoms with E-state index in [-0.39, 0.29) is 5.97 Å². The summed E-state index contributed by atoms with van der Waals surface area (Å²) in [7, 11) is 0. The number of nitrogens with zero attached hydrogens (tertiary/aromatic N) is 2. The zero-order chi connectivity index (χ0) is 14.5. The van der Waals surface area contributed by atoms with E-state index in [2.05, 4.69) is 23.7 Å². The molecule has 0 atom stereocenters. The van der Waals surface area contributed by atoms with Crippen LogP contribution in [0.2, 0.25) is 0 Å². The van der Waals surface area contributed by atoms with Gasteiger partial charge in [-0.15, -0.1) is 0 Å². The number of carbonyl (C=O) groups excluding carboxylic acids is 1. The number of thiazole rings is 1. The van der Waals surface area contributed by atoms with Gasteiger partial charge < -0.3 is 15.4 Å². The predicted molar refractivity (Wildman–Crippen MR) is 82.1 cm³/mol.